The Morgan fingerprint density at radius 1 is 1.04 bits per heavy atom. The number of aromatic hydroxyl groups is 1. The summed E-state index contributed by atoms with van der Waals surface area (Å²) in [5.41, 5.74) is 8.24. The first-order valence-electron chi connectivity index (χ1n) is 24.6. The Bertz CT molecular complexity index is 2710. The number of fused-ring (bicyclic) bond motifs is 6. The number of hydrogen-bond donors (Lipinski definition) is 3. The number of piperidine rings is 1. The smallest absolute Gasteiger partial charge is 0.324 e. The van der Waals surface area contributed by atoms with Crippen LogP contribution in [-0.2, 0) is 58.1 Å². The highest BCUT2D eigenvalue weighted by molar-refractivity contribution is 7.92. The van der Waals surface area contributed by atoms with Crippen molar-refractivity contribution in [3.8, 4) is 16.9 Å². The Hall–Kier alpha value is -5.62. The summed E-state index contributed by atoms with van der Waals surface area (Å²) in [5, 5.41) is 17.7. The predicted molar refractivity (Wildman–Crippen MR) is 272 cm³/mol. The number of amides is 3. The largest absolute Gasteiger partial charge is 0.508 e. The molecule has 378 valence electrons. The van der Waals surface area contributed by atoms with Gasteiger partial charge in [-0.3, -0.25) is 29.2 Å². The van der Waals surface area contributed by atoms with E-state index in [1.165, 1.54) is 9.31 Å². The highest BCUT2D eigenvalue weighted by Crippen LogP contribution is 2.44. The lowest BCUT2D eigenvalue weighted by Crippen LogP contribution is -2.62. The number of methoxy groups -OCH3 is 1. The average molecular weight is 982 g/mol. The molecule has 1 spiro atoms. The number of nitrogens with zero attached hydrogens (tertiary/aromatic N) is 5. The average Bonchev–Trinajstić information content (AvgIpc) is 3.80. The van der Waals surface area contributed by atoms with Crippen LogP contribution >= 0.6 is 0 Å². The summed E-state index contributed by atoms with van der Waals surface area (Å²) in [6, 6.07) is 8.38. The molecule has 2 aromatic carbocycles. The first-order chi connectivity index (χ1) is 33.2. The third kappa shape index (κ3) is 10.4. The molecule has 7 rings (SSSR count). The number of hydrogen-bond acceptors (Lipinski definition) is 11. The van der Waals surface area contributed by atoms with Crippen LogP contribution in [0.5, 0.6) is 5.75 Å². The number of nitrogens with one attached hydrogen (secondary N) is 2. The quantitative estimate of drug-likeness (QED) is 0.102. The number of cyclic esters (lactones) is 1. The second-order valence-electron chi connectivity index (χ2n) is 20.3. The molecule has 0 radical (unpaired) electrons. The van der Waals surface area contributed by atoms with Crippen LogP contribution in [0.3, 0.4) is 0 Å². The summed E-state index contributed by atoms with van der Waals surface area (Å²) in [6.45, 7) is 23.0. The van der Waals surface area contributed by atoms with Crippen molar-refractivity contribution < 1.29 is 42.2 Å². The number of rotatable bonds is 12. The fourth-order valence-electron chi connectivity index (χ4n) is 10.9. The molecule has 0 saturated carbocycles. The molecule has 6 bridgehead atoms. The SMILES string of the molecule is C=C/C(=C(\N=C/C)[C@H](C)OC)c1c2c3cc(ccc3n1CC)-c1cc(O)cc(c1)C[C@H](NC(=O)[C@H](C(C)C)N1CCC3(CCN(S(=O)(=O)C=C)CC3)C1=O)C(=O)N1CCC[C@H](N1)C(=O)OCC(C)(C)C2. The molecule has 5 heterocycles. The number of ether oxygens (including phenoxy) is 2. The van der Waals surface area contributed by atoms with Crippen molar-refractivity contribution in [1.82, 2.24) is 29.5 Å². The standard InChI is InChI=1S/C53H71N7O9S/c1-11-39(45(54-12-2)34(7)68-10)47-41-31-52(8,9)32-69-50(64)42-16-15-22-60(56-42)49(63)43(28-35-26-37(29-38(61)27-35)36-17-18-44(40(41)30-36)58(47)13-3)55-48(62)46(33(5)6)59-25-21-53(51(59)65)19-23-57(24-20-53)70(66,67)14-4/h11-12,14,17-18,26-27,29-30,33-34,42-43,46,56,61H,1,4,13,15-16,19-25,28,31-32H2,2-3,5-10H3,(H,55,62)/b45-39+,54-12-/t34-,42-,43-,46-/m0/s1. The summed E-state index contributed by atoms with van der Waals surface area (Å²) >= 11 is 0. The van der Waals surface area contributed by atoms with Gasteiger partial charge < -0.3 is 29.4 Å². The van der Waals surface area contributed by atoms with E-state index in [2.05, 4.69) is 61.4 Å². The van der Waals surface area contributed by atoms with Crippen LogP contribution in [0.2, 0.25) is 0 Å². The van der Waals surface area contributed by atoms with E-state index in [1.807, 2.05) is 45.9 Å². The number of esters is 1. The molecule has 3 aromatic rings. The zero-order valence-electron chi connectivity index (χ0n) is 42.0. The first kappa shape index (κ1) is 52.2. The van der Waals surface area contributed by atoms with Crippen LogP contribution in [0.1, 0.15) is 97.4 Å². The lowest BCUT2D eigenvalue weighted by Gasteiger charge is -2.38. The maximum Gasteiger partial charge on any atom is 0.324 e. The molecule has 4 atom stereocenters. The molecule has 17 heteroatoms. The fraction of sp³-hybridized carbons (Fsp3) is 0.528. The molecule has 1 aromatic heterocycles. The minimum absolute atomic E-state index is 0.0283. The third-order valence-corrected chi connectivity index (χ3v) is 16.1. The van der Waals surface area contributed by atoms with E-state index >= 15 is 0 Å². The summed E-state index contributed by atoms with van der Waals surface area (Å²) in [4.78, 5) is 64.4. The van der Waals surface area contributed by atoms with Crippen LogP contribution < -0.4 is 10.7 Å². The van der Waals surface area contributed by atoms with Crippen molar-refractivity contribution in [1.29, 1.82) is 0 Å². The molecule has 0 unspecified atom stereocenters. The maximum absolute atomic E-state index is 14.8. The van der Waals surface area contributed by atoms with Crippen molar-refractivity contribution >= 4 is 56.4 Å². The predicted octanol–water partition coefficient (Wildman–Crippen LogP) is 6.52. The van der Waals surface area contributed by atoms with E-state index in [4.69, 9.17) is 14.5 Å². The van der Waals surface area contributed by atoms with Gasteiger partial charge in [0.2, 0.25) is 21.8 Å². The van der Waals surface area contributed by atoms with E-state index < -0.39 is 56.8 Å². The number of carbonyl (C=O) groups is 4. The van der Waals surface area contributed by atoms with Gasteiger partial charge in [0, 0.05) is 79.8 Å². The second kappa shape index (κ2) is 21.0. The van der Waals surface area contributed by atoms with E-state index in [9.17, 15) is 32.7 Å². The molecule has 3 amide bonds. The van der Waals surface area contributed by atoms with Crippen LogP contribution in [0, 0.1) is 16.7 Å². The number of benzene rings is 2. The van der Waals surface area contributed by atoms with E-state index in [1.54, 1.807) is 30.4 Å². The Morgan fingerprint density at radius 2 is 1.76 bits per heavy atom. The summed E-state index contributed by atoms with van der Waals surface area (Å²) in [7, 11) is -2.00. The number of phenolic OH excluding ortho intramolecular Hbond substituents is 1. The number of allylic oxidation sites excluding steroid dienone is 2. The number of sulfonamides is 1. The normalized spacial score (nSPS) is 22.5. The van der Waals surface area contributed by atoms with Crippen LogP contribution in [0.15, 0.2) is 71.7 Å². The minimum atomic E-state index is -3.64. The molecule has 3 N–H and O–H groups in total. The van der Waals surface area contributed by atoms with Gasteiger partial charge in [-0.2, -0.15) is 4.31 Å². The lowest BCUT2D eigenvalue weighted by molar-refractivity contribution is -0.155. The number of hydrazine groups is 1. The topological polar surface area (TPSA) is 192 Å². The zero-order valence-corrected chi connectivity index (χ0v) is 42.9. The Labute approximate surface area is 412 Å². The molecular weight excluding hydrogens is 911 g/mol. The monoisotopic (exact) mass is 982 g/mol. The highest BCUT2D eigenvalue weighted by Gasteiger charge is 2.52. The van der Waals surface area contributed by atoms with Crippen LogP contribution in [-0.4, -0.2) is 126 Å². The van der Waals surface area contributed by atoms with Gasteiger partial charge in [-0.25, -0.2) is 13.8 Å². The highest BCUT2D eigenvalue weighted by atomic mass is 32.2. The van der Waals surface area contributed by atoms with Gasteiger partial charge in [0.1, 0.15) is 23.9 Å². The molecular formula is C53H71N7O9S. The second-order valence-corrected chi connectivity index (χ2v) is 22.2. The number of likely N-dealkylation sites (tertiary alicyclic amines) is 1. The lowest BCUT2D eigenvalue weighted by atomic mass is 9.77. The molecule has 70 heavy (non-hydrogen) atoms. The maximum atomic E-state index is 14.8. The van der Waals surface area contributed by atoms with E-state index in [0.717, 1.165) is 44.4 Å². The molecule has 4 aliphatic heterocycles. The van der Waals surface area contributed by atoms with E-state index in [0.29, 0.717) is 62.7 Å². The Balaban J connectivity index is 1.31. The number of aromatic nitrogens is 1. The van der Waals surface area contributed by atoms with E-state index in [-0.39, 0.29) is 56.3 Å². The molecule has 3 fully saturated rings. The summed E-state index contributed by atoms with van der Waals surface area (Å²) in [6.07, 6.45) is 5.69. The van der Waals surface area contributed by atoms with Crippen molar-refractivity contribution in [2.45, 2.75) is 124 Å². The first-order valence-corrected chi connectivity index (χ1v) is 26.1. The number of phenols is 1. The Morgan fingerprint density at radius 3 is 2.40 bits per heavy atom. The summed E-state index contributed by atoms with van der Waals surface area (Å²) < 4.78 is 40.6. The van der Waals surface area contributed by atoms with Crippen LogP contribution in [0.25, 0.3) is 27.6 Å². The van der Waals surface area contributed by atoms with Gasteiger partial charge in [0.05, 0.1) is 29.5 Å². The fourth-order valence-corrected chi connectivity index (χ4v) is 11.8. The number of aliphatic imine (C=N–C) groups is 1. The number of carbonyl (C=O) groups excluding carboxylic acids is 4. The van der Waals surface area contributed by atoms with Gasteiger partial charge >= 0.3 is 5.97 Å². The molecule has 3 saturated heterocycles. The molecule has 0 aliphatic carbocycles. The Kier molecular flexibility index (Phi) is 15.7. The van der Waals surface area contributed by atoms with Gasteiger partial charge in [-0.15, -0.1) is 0 Å². The molecule has 4 aliphatic rings. The van der Waals surface area contributed by atoms with Crippen molar-refractivity contribution in [3.63, 3.8) is 0 Å². The van der Waals surface area contributed by atoms with Crippen molar-refractivity contribution in [2.75, 3.05) is 39.9 Å². The molecule has 16 nitrogen and oxygen atoms in total. The minimum Gasteiger partial charge on any atom is -0.508 e. The summed E-state index contributed by atoms with van der Waals surface area (Å²) in [5.74, 6) is -2.09. The zero-order chi connectivity index (χ0) is 50.9. The van der Waals surface area contributed by atoms with Crippen LogP contribution in [0.4, 0.5) is 0 Å². The van der Waals surface area contributed by atoms with Gasteiger partial charge in [0.25, 0.3) is 5.91 Å². The third-order valence-electron chi connectivity index (χ3n) is 14.6. The van der Waals surface area contributed by atoms with Crippen molar-refractivity contribution in [3.05, 3.63) is 83.6 Å². The number of aryl methyl sites for hydroxylation is 1. The van der Waals surface area contributed by atoms with Crippen molar-refractivity contribution in [2.24, 2.45) is 21.7 Å². The van der Waals surface area contributed by atoms with Gasteiger partial charge in [-0.1, -0.05) is 59.1 Å². The van der Waals surface area contributed by atoms with Gasteiger partial charge in [-0.05, 0) is 112 Å². The van der Waals surface area contributed by atoms with Gasteiger partial charge in [0.15, 0.2) is 0 Å².